The maximum absolute atomic E-state index is 12.5. The molecule has 0 aliphatic rings. The molecule has 0 bridgehead atoms. The Kier molecular flexibility index (Phi) is 6.65. The number of anilines is 1. The highest BCUT2D eigenvalue weighted by molar-refractivity contribution is 14.1. The molecule has 0 radical (unpaired) electrons. The predicted octanol–water partition coefficient (Wildman–Crippen LogP) is 5.45. The van der Waals surface area contributed by atoms with Gasteiger partial charge in [0.2, 0.25) is 3.79 Å². The zero-order chi connectivity index (χ0) is 17.9. The number of nitrogens with one attached hydrogen (secondary N) is 2. The van der Waals surface area contributed by atoms with Gasteiger partial charge in [0.15, 0.2) is 0 Å². The van der Waals surface area contributed by atoms with Crippen molar-refractivity contribution in [1.29, 1.82) is 0 Å². The van der Waals surface area contributed by atoms with Crippen molar-refractivity contribution < 1.29 is 4.79 Å². The van der Waals surface area contributed by atoms with Crippen LogP contribution in [0.15, 0.2) is 42.5 Å². The number of carbonyl (C=O) groups excluding carboxylic acids is 1. The molecule has 3 nitrogen and oxygen atoms in total. The van der Waals surface area contributed by atoms with E-state index in [-0.39, 0.29) is 5.91 Å². The van der Waals surface area contributed by atoms with Crippen molar-refractivity contribution in [2.45, 2.75) is 23.8 Å². The van der Waals surface area contributed by atoms with Gasteiger partial charge >= 0.3 is 0 Å². The molecule has 128 valence electrons. The summed E-state index contributed by atoms with van der Waals surface area (Å²) in [4.78, 5) is 12.5. The van der Waals surface area contributed by atoms with Crippen LogP contribution in [0.5, 0.6) is 0 Å². The van der Waals surface area contributed by atoms with Crippen LogP contribution >= 0.6 is 57.4 Å². The van der Waals surface area contributed by atoms with E-state index < -0.39 is 9.96 Å². The zero-order valence-corrected chi connectivity index (χ0v) is 17.5. The summed E-state index contributed by atoms with van der Waals surface area (Å²) in [5.41, 5.74) is 3.36. The second-order valence-corrected chi connectivity index (χ2v) is 9.04. The van der Waals surface area contributed by atoms with Gasteiger partial charge in [-0.25, -0.2) is 0 Å². The molecule has 1 amide bonds. The van der Waals surface area contributed by atoms with Gasteiger partial charge < -0.3 is 10.6 Å². The van der Waals surface area contributed by atoms with Crippen LogP contribution in [0.25, 0.3) is 0 Å². The maximum atomic E-state index is 12.5. The highest BCUT2D eigenvalue weighted by Gasteiger charge is 2.34. The zero-order valence-electron chi connectivity index (χ0n) is 13.0. The third-order valence-corrected chi connectivity index (χ3v) is 4.71. The maximum Gasteiger partial charge on any atom is 0.253 e. The number of aryl methyl sites for hydroxylation is 2. The highest BCUT2D eigenvalue weighted by atomic mass is 127. The summed E-state index contributed by atoms with van der Waals surface area (Å²) in [6, 6.07) is 13.1. The summed E-state index contributed by atoms with van der Waals surface area (Å²) in [6.07, 6.45) is -0.881. The van der Waals surface area contributed by atoms with Crippen LogP contribution in [0.1, 0.15) is 21.5 Å². The second kappa shape index (κ2) is 8.13. The lowest BCUT2D eigenvalue weighted by Gasteiger charge is -2.28. The Hall–Kier alpha value is -0.690. The summed E-state index contributed by atoms with van der Waals surface area (Å²) in [7, 11) is 0. The van der Waals surface area contributed by atoms with Crippen molar-refractivity contribution in [3.63, 3.8) is 0 Å². The predicted molar refractivity (Wildman–Crippen MR) is 110 cm³/mol. The quantitative estimate of drug-likeness (QED) is 0.335. The molecule has 0 aliphatic heterocycles. The van der Waals surface area contributed by atoms with E-state index in [1.165, 1.54) is 0 Å². The first kappa shape index (κ1) is 19.6. The van der Waals surface area contributed by atoms with Crippen molar-refractivity contribution in [2.75, 3.05) is 5.32 Å². The SMILES string of the molecule is Cc1ccc(C)c(N[C@@H](NC(=O)c2cccc(I)c2)C(Cl)(Cl)Cl)c1. The van der Waals surface area contributed by atoms with Crippen LogP contribution in [0, 0.1) is 17.4 Å². The Balaban J connectivity index is 2.23. The molecule has 0 spiro atoms. The number of alkyl halides is 3. The molecule has 2 rings (SSSR count). The van der Waals surface area contributed by atoms with Crippen molar-refractivity contribution in [3.8, 4) is 0 Å². The molecule has 0 aromatic heterocycles. The van der Waals surface area contributed by atoms with Crippen LogP contribution < -0.4 is 10.6 Å². The van der Waals surface area contributed by atoms with Crippen molar-refractivity contribution in [1.82, 2.24) is 5.32 Å². The normalized spacial score (nSPS) is 12.6. The largest absolute Gasteiger partial charge is 0.362 e. The van der Waals surface area contributed by atoms with Gasteiger partial charge in [0.05, 0.1) is 0 Å². The average molecular weight is 498 g/mol. The Labute approximate surface area is 170 Å². The summed E-state index contributed by atoms with van der Waals surface area (Å²) in [5, 5.41) is 5.86. The number of halogens is 4. The Morgan fingerprint density at radius 1 is 1.12 bits per heavy atom. The van der Waals surface area contributed by atoms with Crippen molar-refractivity contribution in [3.05, 3.63) is 62.7 Å². The van der Waals surface area contributed by atoms with Gasteiger partial charge in [-0.15, -0.1) is 0 Å². The van der Waals surface area contributed by atoms with E-state index in [2.05, 4.69) is 33.2 Å². The Morgan fingerprint density at radius 3 is 2.46 bits per heavy atom. The second-order valence-electron chi connectivity index (χ2n) is 5.42. The third-order valence-electron chi connectivity index (χ3n) is 3.38. The minimum absolute atomic E-state index is 0.317. The topological polar surface area (TPSA) is 41.1 Å². The molecule has 2 N–H and O–H groups in total. The van der Waals surface area contributed by atoms with Crippen LogP contribution in [0.2, 0.25) is 0 Å². The van der Waals surface area contributed by atoms with E-state index in [0.717, 1.165) is 20.4 Å². The lowest BCUT2D eigenvalue weighted by Crippen LogP contribution is -2.49. The van der Waals surface area contributed by atoms with Gasteiger partial charge in [0.25, 0.3) is 5.91 Å². The molecule has 0 unspecified atom stereocenters. The lowest BCUT2D eigenvalue weighted by molar-refractivity contribution is 0.0941. The molecule has 7 heteroatoms. The smallest absolute Gasteiger partial charge is 0.253 e. The van der Waals surface area contributed by atoms with E-state index in [9.17, 15) is 4.79 Å². The third kappa shape index (κ3) is 5.41. The fraction of sp³-hybridized carbons (Fsp3) is 0.235. The minimum atomic E-state index is -1.71. The van der Waals surface area contributed by atoms with E-state index in [4.69, 9.17) is 34.8 Å². The number of benzene rings is 2. The Bertz CT molecular complexity index is 747. The van der Waals surface area contributed by atoms with Gasteiger partial charge in [-0.2, -0.15) is 0 Å². The molecule has 2 aromatic carbocycles. The molecule has 24 heavy (non-hydrogen) atoms. The monoisotopic (exact) mass is 496 g/mol. The summed E-state index contributed by atoms with van der Waals surface area (Å²) in [6.45, 7) is 3.91. The molecule has 0 aliphatic carbocycles. The average Bonchev–Trinajstić information content (AvgIpc) is 2.49. The first-order valence-corrected chi connectivity index (χ1v) is 9.35. The molecule has 0 heterocycles. The first-order chi connectivity index (χ1) is 11.2. The minimum Gasteiger partial charge on any atom is -0.362 e. The number of amides is 1. The molecule has 0 saturated carbocycles. The fourth-order valence-corrected chi connectivity index (χ4v) is 2.96. The molecular weight excluding hydrogens is 481 g/mol. The Morgan fingerprint density at radius 2 is 1.83 bits per heavy atom. The van der Waals surface area contributed by atoms with Gasteiger partial charge in [-0.1, -0.05) is 53.0 Å². The molecule has 0 saturated heterocycles. The molecule has 1 atom stereocenters. The number of hydrogen-bond donors (Lipinski definition) is 2. The van der Waals surface area contributed by atoms with Crippen LogP contribution in [0.3, 0.4) is 0 Å². The fourth-order valence-electron chi connectivity index (χ4n) is 2.09. The lowest BCUT2D eigenvalue weighted by atomic mass is 10.1. The number of rotatable bonds is 4. The van der Waals surface area contributed by atoms with Gasteiger partial charge in [0, 0.05) is 14.8 Å². The van der Waals surface area contributed by atoms with Gasteiger partial charge in [0.1, 0.15) is 6.17 Å². The molecule has 2 aromatic rings. The summed E-state index contributed by atoms with van der Waals surface area (Å²) < 4.78 is -0.762. The summed E-state index contributed by atoms with van der Waals surface area (Å²) >= 11 is 20.3. The van der Waals surface area contributed by atoms with Crippen molar-refractivity contribution in [2.24, 2.45) is 0 Å². The van der Waals surface area contributed by atoms with Crippen LogP contribution in [0.4, 0.5) is 5.69 Å². The van der Waals surface area contributed by atoms with E-state index in [0.29, 0.717) is 5.56 Å². The first-order valence-electron chi connectivity index (χ1n) is 7.14. The molecule has 0 fully saturated rings. The van der Waals surface area contributed by atoms with Gasteiger partial charge in [-0.3, -0.25) is 4.79 Å². The van der Waals surface area contributed by atoms with E-state index >= 15 is 0 Å². The van der Waals surface area contributed by atoms with Crippen LogP contribution in [-0.4, -0.2) is 15.9 Å². The molecular formula is C17H16Cl3IN2O. The van der Waals surface area contributed by atoms with Crippen LogP contribution in [-0.2, 0) is 0 Å². The number of hydrogen-bond acceptors (Lipinski definition) is 2. The van der Waals surface area contributed by atoms with E-state index in [1.54, 1.807) is 18.2 Å². The van der Waals surface area contributed by atoms with E-state index in [1.807, 2.05) is 38.1 Å². The standard InChI is InChI=1S/C17H16Cl3IN2O/c1-10-6-7-11(2)14(8-10)22-16(17(18,19)20)23-15(24)12-4-3-5-13(21)9-12/h3-9,16,22H,1-2H3,(H,23,24)/t16-/m0/s1. The number of carbonyl (C=O) groups is 1. The highest BCUT2D eigenvalue weighted by Crippen LogP contribution is 2.32. The van der Waals surface area contributed by atoms with Gasteiger partial charge in [-0.05, 0) is 71.8 Å². The van der Waals surface area contributed by atoms with Crippen molar-refractivity contribution >= 4 is 69.0 Å². The summed E-state index contributed by atoms with van der Waals surface area (Å²) in [5.74, 6) is -0.317.